The number of methoxy groups -OCH3 is 3. The summed E-state index contributed by atoms with van der Waals surface area (Å²) in [4.78, 5) is 2.46. The molecule has 1 atom stereocenters. The number of phenolic OH excluding ortho intramolecular Hbond substituents is 1. The minimum Gasteiger partial charge on any atom is -0.504 e. The van der Waals surface area contributed by atoms with Crippen LogP contribution < -0.4 is 14.2 Å². The van der Waals surface area contributed by atoms with Gasteiger partial charge in [-0.25, -0.2) is 0 Å². The van der Waals surface area contributed by atoms with E-state index in [-0.39, 0.29) is 11.8 Å². The number of ether oxygens (including phenoxy) is 3. The Morgan fingerprint density at radius 1 is 0.960 bits per heavy atom. The molecule has 0 aliphatic carbocycles. The van der Waals surface area contributed by atoms with E-state index >= 15 is 0 Å². The number of hydrogen-bond donors (Lipinski definition) is 1. The fourth-order valence-electron chi connectivity index (χ4n) is 4.19. The number of fused-ring (bicyclic) bond motifs is 4. The van der Waals surface area contributed by atoms with Gasteiger partial charge in [-0.05, 0) is 48.2 Å². The average molecular weight is 341 g/mol. The molecule has 0 aromatic heterocycles. The molecular formula is C20H23NO4. The highest BCUT2D eigenvalue weighted by Crippen LogP contribution is 2.45. The van der Waals surface area contributed by atoms with Crippen molar-refractivity contribution in [1.82, 2.24) is 4.90 Å². The normalized spacial score (nSPS) is 18.8. The van der Waals surface area contributed by atoms with Crippen molar-refractivity contribution in [2.75, 3.05) is 27.9 Å². The van der Waals surface area contributed by atoms with Crippen LogP contribution in [0.25, 0.3) is 0 Å². The van der Waals surface area contributed by atoms with E-state index in [0.717, 1.165) is 37.4 Å². The van der Waals surface area contributed by atoms with E-state index in [1.54, 1.807) is 21.3 Å². The Morgan fingerprint density at radius 2 is 1.64 bits per heavy atom. The van der Waals surface area contributed by atoms with Gasteiger partial charge < -0.3 is 19.3 Å². The van der Waals surface area contributed by atoms with Gasteiger partial charge in [-0.2, -0.15) is 0 Å². The zero-order chi connectivity index (χ0) is 17.6. The number of rotatable bonds is 3. The van der Waals surface area contributed by atoms with Crippen molar-refractivity contribution in [1.29, 1.82) is 0 Å². The van der Waals surface area contributed by atoms with Gasteiger partial charge in [-0.15, -0.1) is 0 Å². The van der Waals surface area contributed by atoms with Gasteiger partial charge in [0.1, 0.15) is 11.5 Å². The van der Waals surface area contributed by atoms with E-state index in [0.29, 0.717) is 5.75 Å². The molecule has 2 aliphatic heterocycles. The second-order valence-electron chi connectivity index (χ2n) is 6.59. The van der Waals surface area contributed by atoms with Gasteiger partial charge in [0.05, 0.1) is 21.3 Å². The topological polar surface area (TPSA) is 51.2 Å². The van der Waals surface area contributed by atoms with Gasteiger partial charge in [0.2, 0.25) is 0 Å². The molecule has 0 radical (unpaired) electrons. The second-order valence-corrected chi connectivity index (χ2v) is 6.59. The zero-order valence-corrected chi connectivity index (χ0v) is 14.8. The Morgan fingerprint density at radius 3 is 2.32 bits per heavy atom. The molecule has 4 rings (SSSR count). The summed E-state index contributed by atoms with van der Waals surface area (Å²) < 4.78 is 16.4. The van der Waals surface area contributed by atoms with Crippen LogP contribution in [0.15, 0.2) is 24.3 Å². The number of aromatic hydroxyl groups is 1. The Labute approximate surface area is 147 Å². The fraction of sp³-hybridized carbons (Fsp3) is 0.400. The molecular weight excluding hydrogens is 318 g/mol. The molecule has 0 saturated carbocycles. The van der Waals surface area contributed by atoms with Gasteiger partial charge in [-0.3, -0.25) is 4.90 Å². The summed E-state index contributed by atoms with van der Waals surface area (Å²) in [6.45, 7) is 1.80. The van der Waals surface area contributed by atoms with Crippen molar-refractivity contribution in [3.8, 4) is 23.0 Å². The smallest absolute Gasteiger partial charge is 0.160 e. The Kier molecular flexibility index (Phi) is 3.96. The van der Waals surface area contributed by atoms with Crippen molar-refractivity contribution in [2.24, 2.45) is 0 Å². The molecule has 132 valence electrons. The summed E-state index contributed by atoms with van der Waals surface area (Å²) in [5, 5.41) is 10.2. The number of hydrogen-bond acceptors (Lipinski definition) is 5. The molecule has 2 heterocycles. The standard InChI is InChI=1S/C20H23NO4/c1-23-18-4-5-19(24-2)15-11-21-7-6-12-8-20(25-3)17(22)10-13(12)16(21)9-14(15)18/h4-5,8,10,16,22H,6-7,9,11H2,1-3H3/t16-/m0/s1. The molecule has 2 aromatic carbocycles. The van der Waals surface area contributed by atoms with E-state index in [4.69, 9.17) is 14.2 Å². The quantitative estimate of drug-likeness (QED) is 0.930. The highest BCUT2D eigenvalue weighted by Gasteiger charge is 2.35. The molecule has 2 aliphatic rings. The minimum absolute atomic E-state index is 0.200. The van der Waals surface area contributed by atoms with Gasteiger partial charge in [0.15, 0.2) is 11.5 Å². The van der Waals surface area contributed by atoms with Crippen LogP contribution in [-0.2, 0) is 19.4 Å². The zero-order valence-electron chi connectivity index (χ0n) is 14.8. The third-order valence-electron chi connectivity index (χ3n) is 5.45. The van der Waals surface area contributed by atoms with Crippen LogP contribution in [0, 0.1) is 0 Å². The van der Waals surface area contributed by atoms with Crippen LogP contribution in [0.3, 0.4) is 0 Å². The van der Waals surface area contributed by atoms with E-state index in [1.807, 2.05) is 24.3 Å². The molecule has 2 aromatic rings. The van der Waals surface area contributed by atoms with Crippen LogP contribution in [0.4, 0.5) is 0 Å². The summed E-state index contributed by atoms with van der Waals surface area (Å²) >= 11 is 0. The van der Waals surface area contributed by atoms with Gasteiger partial charge >= 0.3 is 0 Å². The van der Waals surface area contributed by atoms with E-state index in [9.17, 15) is 5.11 Å². The third-order valence-corrected chi connectivity index (χ3v) is 5.45. The predicted molar refractivity (Wildman–Crippen MR) is 94.8 cm³/mol. The first-order valence-electron chi connectivity index (χ1n) is 8.52. The average Bonchev–Trinajstić information content (AvgIpc) is 2.65. The maximum atomic E-state index is 10.2. The third kappa shape index (κ3) is 2.50. The maximum Gasteiger partial charge on any atom is 0.160 e. The number of benzene rings is 2. The van der Waals surface area contributed by atoms with Gasteiger partial charge in [0, 0.05) is 30.3 Å². The Balaban J connectivity index is 1.80. The van der Waals surface area contributed by atoms with Gasteiger partial charge in [0.25, 0.3) is 0 Å². The van der Waals surface area contributed by atoms with E-state index in [2.05, 4.69) is 4.90 Å². The molecule has 0 bridgehead atoms. The molecule has 0 spiro atoms. The number of phenols is 1. The fourth-order valence-corrected chi connectivity index (χ4v) is 4.19. The highest BCUT2D eigenvalue weighted by molar-refractivity contribution is 5.54. The molecule has 0 amide bonds. The second kappa shape index (κ2) is 6.15. The molecule has 5 nitrogen and oxygen atoms in total. The summed E-state index contributed by atoms with van der Waals surface area (Å²) in [7, 11) is 5.01. The van der Waals surface area contributed by atoms with Crippen LogP contribution >= 0.6 is 0 Å². The molecule has 1 N–H and O–H groups in total. The summed E-state index contributed by atoms with van der Waals surface area (Å²) in [6, 6.07) is 8.02. The predicted octanol–water partition coefficient (Wildman–Crippen LogP) is 3.07. The van der Waals surface area contributed by atoms with Crippen molar-refractivity contribution in [3.05, 3.63) is 46.5 Å². The molecule has 25 heavy (non-hydrogen) atoms. The lowest BCUT2D eigenvalue weighted by Crippen LogP contribution is -2.39. The van der Waals surface area contributed by atoms with Crippen LogP contribution in [0.2, 0.25) is 0 Å². The summed E-state index contributed by atoms with van der Waals surface area (Å²) in [5.74, 6) is 2.56. The first-order chi connectivity index (χ1) is 12.2. The Hall–Kier alpha value is -2.40. The van der Waals surface area contributed by atoms with Crippen LogP contribution in [0.5, 0.6) is 23.0 Å². The largest absolute Gasteiger partial charge is 0.504 e. The molecule has 0 saturated heterocycles. The Bertz CT molecular complexity index is 818. The van der Waals surface area contributed by atoms with E-state index < -0.39 is 0 Å². The number of nitrogens with zero attached hydrogens (tertiary/aromatic N) is 1. The highest BCUT2D eigenvalue weighted by atomic mass is 16.5. The SMILES string of the molecule is COc1cc2c(cc1O)[C@@H]1Cc3c(OC)ccc(OC)c3CN1CC2. The van der Waals surface area contributed by atoms with Crippen LogP contribution in [-0.4, -0.2) is 37.9 Å². The first-order valence-corrected chi connectivity index (χ1v) is 8.52. The van der Waals surface area contributed by atoms with Crippen LogP contribution in [0.1, 0.15) is 28.3 Å². The first kappa shape index (κ1) is 16.1. The lowest BCUT2D eigenvalue weighted by atomic mass is 9.83. The lowest BCUT2D eigenvalue weighted by molar-refractivity contribution is 0.156. The molecule has 0 fully saturated rings. The lowest BCUT2D eigenvalue weighted by Gasteiger charge is -2.42. The maximum absolute atomic E-state index is 10.2. The van der Waals surface area contributed by atoms with Crippen molar-refractivity contribution >= 4 is 0 Å². The minimum atomic E-state index is 0.200. The monoisotopic (exact) mass is 341 g/mol. The van der Waals surface area contributed by atoms with Crippen molar-refractivity contribution < 1.29 is 19.3 Å². The summed E-state index contributed by atoms with van der Waals surface area (Å²) in [5.41, 5.74) is 4.84. The summed E-state index contributed by atoms with van der Waals surface area (Å²) in [6.07, 6.45) is 1.79. The van der Waals surface area contributed by atoms with Crippen molar-refractivity contribution in [2.45, 2.75) is 25.4 Å². The van der Waals surface area contributed by atoms with Gasteiger partial charge in [-0.1, -0.05) is 0 Å². The van der Waals surface area contributed by atoms with Crippen molar-refractivity contribution in [3.63, 3.8) is 0 Å². The molecule has 0 unspecified atom stereocenters. The molecule has 5 heteroatoms. The van der Waals surface area contributed by atoms with E-state index in [1.165, 1.54) is 22.3 Å².